The smallest absolute Gasteiger partial charge is 0.313 e. The van der Waals surface area contributed by atoms with Crippen LogP contribution in [0.2, 0.25) is 5.02 Å². The molecule has 0 spiro atoms. The Labute approximate surface area is 110 Å². The molecule has 0 aromatic heterocycles. The molecular weight excluding hydrogens is 259 g/mol. The van der Waals surface area contributed by atoms with Crippen molar-refractivity contribution in [2.45, 2.75) is 25.7 Å². The van der Waals surface area contributed by atoms with Crippen LogP contribution >= 0.6 is 11.6 Å². The number of hydrogen-bond acceptors (Lipinski definition) is 2. The minimum absolute atomic E-state index is 0.0771. The van der Waals surface area contributed by atoms with E-state index in [-0.39, 0.29) is 11.6 Å². The molecule has 1 aromatic rings. The summed E-state index contributed by atoms with van der Waals surface area (Å²) in [6.45, 7) is 0.0771. The average molecular weight is 273 g/mol. The molecule has 1 aliphatic rings. The Balaban J connectivity index is 2.08. The zero-order chi connectivity index (χ0) is 13.2. The van der Waals surface area contributed by atoms with Crippen molar-refractivity contribution in [2.75, 3.05) is 6.61 Å². The van der Waals surface area contributed by atoms with E-state index < -0.39 is 17.2 Å². The average Bonchev–Trinajstić information content (AvgIpc) is 2.78. The lowest BCUT2D eigenvalue weighted by Crippen LogP contribution is -2.34. The maximum Gasteiger partial charge on any atom is 0.313 e. The summed E-state index contributed by atoms with van der Waals surface area (Å²) in [5.74, 6) is -0.954. The van der Waals surface area contributed by atoms with Gasteiger partial charge in [0.05, 0.1) is 5.02 Å². The van der Waals surface area contributed by atoms with Crippen LogP contribution in [-0.2, 0) is 4.79 Å². The first-order chi connectivity index (χ1) is 8.53. The lowest BCUT2D eigenvalue weighted by atomic mass is 9.87. The van der Waals surface area contributed by atoms with Crippen LogP contribution in [0.4, 0.5) is 4.39 Å². The predicted molar refractivity (Wildman–Crippen MR) is 65.4 cm³/mol. The molecule has 5 heteroatoms. The van der Waals surface area contributed by atoms with Crippen molar-refractivity contribution in [2.24, 2.45) is 5.41 Å². The highest BCUT2D eigenvalue weighted by molar-refractivity contribution is 6.32. The molecule has 98 valence electrons. The molecule has 1 N–H and O–H groups in total. The summed E-state index contributed by atoms with van der Waals surface area (Å²) >= 11 is 5.83. The van der Waals surface area contributed by atoms with Gasteiger partial charge in [0, 0.05) is 0 Å². The van der Waals surface area contributed by atoms with E-state index in [0.29, 0.717) is 18.6 Å². The first-order valence-corrected chi connectivity index (χ1v) is 6.23. The van der Waals surface area contributed by atoms with Gasteiger partial charge >= 0.3 is 5.97 Å². The minimum Gasteiger partial charge on any atom is -0.491 e. The van der Waals surface area contributed by atoms with Crippen molar-refractivity contribution in [3.8, 4) is 5.75 Å². The molecule has 0 saturated heterocycles. The Hall–Kier alpha value is -1.29. The highest BCUT2D eigenvalue weighted by Crippen LogP contribution is 2.39. The number of carboxylic acids is 1. The molecule has 0 bridgehead atoms. The van der Waals surface area contributed by atoms with Crippen LogP contribution in [0.1, 0.15) is 25.7 Å². The van der Waals surface area contributed by atoms with Gasteiger partial charge < -0.3 is 9.84 Å². The van der Waals surface area contributed by atoms with Gasteiger partial charge in [0.2, 0.25) is 0 Å². The van der Waals surface area contributed by atoms with Gasteiger partial charge in [-0.25, -0.2) is 4.39 Å². The Kier molecular flexibility index (Phi) is 3.76. The number of benzene rings is 1. The van der Waals surface area contributed by atoms with Gasteiger partial charge in [-0.1, -0.05) is 24.4 Å². The SMILES string of the molecule is O=C(O)C1(COc2ccc(F)cc2Cl)CCCC1. The molecule has 1 aromatic carbocycles. The fraction of sp³-hybridized carbons (Fsp3) is 0.462. The summed E-state index contributed by atoms with van der Waals surface area (Å²) in [6.07, 6.45) is 3.02. The summed E-state index contributed by atoms with van der Waals surface area (Å²) in [5.41, 5.74) is -0.822. The number of ether oxygens (including phenoxy) is 1. The molecule has 0 radical (unpaired) electrons. The van der Waals surface area contributed by atoms with E-state index in [2.05, 4.69) is 0 Å². The van der Waals surface area contributed by atoms with Crippen molar-refractivity contribution in [1.29, 1.82) is 0 Å². The molecule has 1 fully saturated rings. The molecule has 0 atom stereocenters. The van der Waals surface area contributed by atoms with Crippen LogP contribution in [-0.4, -0.2) is 17.7 Å². The third-order valence-corrected chi connectivity index (χ3v) is 3.71. The van der Waals surface area contributed by atoms with E-state index in [4.69, 9.17) is 16.3 Å². The molecule has 1 aliphatic carbocycles. The Morgan fingerprint density at radius 1 is 1.44 bits per heavy atom. The van der Waals surface area contributed by atoms with Crippen LogP contribution in [0.25, 0.3) is 0 Å². The quantitative estimate of drug-likeness (QED) is 0.912. The summed E-state index contributed by atoms with van der Waals surface area (Å²) in [4.78, 5) is 11.3. The van der Waals surface area contributed by atoms with Gasteiger partial charge in [-0.3, -0.25) is 4.79 Å². The molecule has 0 amide bonds. The fourth-order valence-corrected chi connectivity index (χ4v) is 2.50. The van der Waals surface area contributed by atoms with Crippen LogP contribution in [0.5, 0.6) is 5.75 Å². The summed E-state index contributed by atoms with van der Waals surface area (Å²) < 4.78 is 18.3. The van der Waals surface area contributed by atoms with E-state index in [0.717, 1.165) is 18.9 Å². The Morgan fingerprint density at radius 2 is 2.11 bits per heavy atom. The second-order valence-electron chi connectivity index (χ2n) is 4.66. The molecule has 0 aliphatic heterocycles. The van der Waals surface area contributed by atoms with Crippen LogP contribution in [0.15, 0.2) is 18.2 Å². The third kappa shape index (κ3) is 2.58. The van der Waals surface area contributed by atoms with Crippen LogP contribution < -0.4 is 4.74 Å². The molecular formula is C13H14ClFO3. The standard InChI is InChI=1S/C13H14ClFO3/c14-10-7-9(15)3-4-11(10)18-8-13(12(16)17)5-1-2-6-13/h3-4,7H,1-2,5-6,8H2,(H,16,17). The van der Waals surface area contributed by atoms with E-state index >= 15 is 0 Å². The summed E-state index contributed by atoms with van der Waals surface area (Å²) in [7, 11) is 0. The maximum absolute atomic E-state index is 12.9. The molecule has 1 saturated carbocycles. The second kappa shape index (κ2) is 5.14. The van der Waals surface area contributed by atoms with Crippen molar-refractivity contribution >= 4 is 17.6 Å². The highest BCUT2D eigenvalue weighted by Gasteiger charge is 2.42. The van der Waals surface area contributed by atoms with Gasteiger partial charge in [0.1, 0.15) is 23.6 Å². The van der Waals surface area contributed by atoms with Crippen molar-refractivity contribution in [3.05, 3.63) is 29.0 Å². The number of carbonyl (C=O) groups is 1. The Morgan fingerprint density at radius 3 is 2.67 bits per heavy atom. The number of rotatable bonds is 4. The Bertz CT molecular complexity index is 456. The van der Waals surface area contributed by atoms with Crippen molar-refractivity contribution in [1.82, 2.24) is 0 Å². The largest absolute Gasteiger partial charge is 0.491 e. The molecule has 2 rings (SSSR count). The normalized spacial score (nSPS) is 17.7. The van der Waals surface area contributed by atoms with Gasteiger partial charge in [0.25, 0.3) is 0 Å². The maximum atomic E-state index is 12.9. The summed E-state index contributed by atoms with van der Waals surface area (Å²) in [5, 5.41) is 9.44. The van der Waals surface area contributed by atoms with E-state index in [1.54, 1.807) is 0 Å². The topological polar surface area (TPSA) is 46.5 Å². The predicted octanol–water partition coefficient (Wildman–Crippen LogP) is 3.50. The third-order valence-electron chi connectivity index (χ3n) is 3.41. The van der Waals surface area contributed by atoms with Crippen molar-refractivity contribution < 1.29 is 19.0 Å². The first-order valence-electron chi connectivity index (χ1n) is 5.85. The lowest BCUT2D eigenvalue weighted by molar-refractivity contribution is -0.150. The fourth-order valence-electron chi connectivity index (χ4n) is 2.28. The lowest BCUT2D eigenvalue weighted by Gasteiger charge is -2.24. The van der Waals surface area contributed by atoms with E-state index in [9.17, 15) is 14.3 Å². The van der Waals surface area contributed by atoms with E-state index in [1.165, 1.54) is 12.1 Å². The van der Waals surface area contributed by atoms with Gasteiger partial charge in [-0.05, 0) is 31.0 Å². The second-order valence-corrected chi connectivity index (χ2v) is 5.06. The zero-order valence-electron chi connectivity index (χ0n) is 9.79. The molecule has 0 unspecified atom stereocenters. The zero-order valence-corrected chi connectivity index (χ0v) is 10.5. The first kappa shape index (κ1) is 13.1. The molecule has 18 heavy (non-hydrogen) atoms. The van der Waals surface area contributed by atoms with Crippen LogP contribution in [0, 0.1) is 11.2 Å². The van der Waals surface area contributed by atoms with Gasteiger partial charge in [0.15, 0.2) is 0 Å². The van der Waals surface area contributed by atoms with Crippen molar-refractivity contribution in [3.63, 3.8) is 0 Å². The highest BCUT2D eigenvalue weighted by atomic mass is 35.5. The molecule has 0 heterocycles. The number of halogens is 2. The van der Waals surface area contributed by atoms with Gasteiger partial charge in [-0.2, -0.15) is 0 Å². The van der Waals surface area contributed by atoms with E-state index in [1.807, 2.05) is 0 Å². The summed E-state index contributed by atoms with van der Waals surface area (Å²) in [6, 6.07) is 3.81. The number of aliphatic carboxylic acids is 1. The number of carboxylic acid groups (broad SMARTS) is 1. The minimum atomic E-state index is -0.835. The molecule has 3 nitrogen and oxygen atoms in total. The monoisotopic (exact) mass is 272 g/mol. The number of hydrogen-bond donors (Lipinski definition) is 1. The van der Waals surface area contributed by atoms with Gasteiger partial charge in [-0.15, -0.1) is 0 Å². The van der Waals surface area contributed by atoms with Crippen LogP contribution in [0.3, 0.4) is 0 Å².